The van der Waals surface area contributed by atoms with Gasteiger partial charge in [0.25, 0.3) is 5.56 Å². The number of hydrogen-bond acceptors (Lipinski definition) is 4. The van der Waals surface area contributed by atoms with Crippen molar-refractivity contribution in [3.05, 3.63) is 39.8 Å². The molecule has 4 rings (SSSR count). The van der Waals surface area contributed by atoms with Crippen molar-refractivity contribution in [3.8, 4) is 0 Å². The third-order valence-corrected chi connectivity index (χ3v) is 6.68. The van der Waals surface area contributed by atoms with Crippen LogP contribution in [-0.2, 0) is 11.3 Å². The minimum Gasteiger partial charge on any atom is -0.396 e. The van der Waals surface area contributed by atoms with Gasteiger partial charge in [-0.1, -0.05) is 13.0 Å². The summed E-state index contributed by atoms with van der Waals surface area (Å²) in [5, 5.41) is 13.1. The summed E-state index contributed by atoms with van der Waals surface area (Å²) in [4.78, 5) is 28.2. The van der Waals surface area contributed by atoms with Gasteiger partial charge in [-0.15, -0.1) is 0 Å². The first-order valence-electron chi connectivity index (χ1n) is 10.7. The highest BCUT2D eigenvalue weighted by Crippen LogP contribution is 2.49. The lowest BCUT2D eigenvalue weighted by atomic mass is 9.88. The third-order valence-electron chi connectivity index (χ3n) is 6.68. The maximum absolute atomic E-state index is 13.2. The molecule has 1 amide bonds. The zero-order valence-electron chi connectivity index (χ0n) is 16.9. The summed E-state index contributed by atoms with van der Waals surface area (Å²) in [5.41, 5.74) is 3.07. The molecule has 2 N–H and O–H groups in total. The van der Waals surface area contributed by atoms with Crippen LogP contribution in [-0.4, -0.2) is 46.2 Å². The lowest BCUT2D eigenvalue weighted by molar-refractivity contribution is -0.127. The van der Waals surface area contributed by atoms with Gasteiger partial charge >= 0.3 is 0 Å². The smallest absolute Gasteiger partial charge is 0.258 e. The van der Waals surface area contributed by atoms with Crippen LogP contribution in [0.5, 0.6) is 0 Å². The number of aliphatic hydroxyl groups excluding tert-OH is 1. The molecule has 1 aromatic rings. The summed E-state index contributed by atoms with van der Waals surface area (Å²) >= 11 is 0. The largest absolute Gasteiger partial charge is 0.396 e. The number of fused-ring (bicyclic) bond motifs is 3. The number of rotatable bonds is 6. The molecule has 152 valence electrons. The number of allylic oxidation sites excluding steroid dienone is 2. The van der Waals surface area contributed by atoms with Crippen molar-refractivity contribution in [2.75, 3.05) is 19.7 Å². The van der Waals surface area contributed by atoms with E-state index in [1.54, 1.807) is 0 Å². The Bertz CT molecular complexity index is 844. The van der Waals surface area contributed by atoms with Gasteiger partial charge in [0.15, 0.2) is 0 Å². The number of carbonyl (C=O) groups is 1. The molecule has 28 heavy (non-hydrogen) atoms. The van der Waals surface area contributed by atoms with Crippen molar-refractivity contribution in [2.24, 2.45) is 11.8 Å². The zero-order chi connectivity index (χ0) is 19.8. The van der Waals surface area contributed by atoms with Crippen molar-refractivity contribution in [1.29, 1.82) is 0 Å². The minimum absolute atomic E-state index is 0.00831. The van der Waals surface area contributed by atoms with E-state index in [1.807, 2.05) is 17.6 Å². The summed E-state index contributed by atoms with van der Waals surface area (Å²) in [6.45, 7) is 5.93. The van der Waals surface area contributed by atoms with Gasteiger partial charge in [-0.25, -0.2) is 0 Å². The van der Waals surface area contributed by atoms with Crippen LogP contribution in [0, 0.1) is 11.8 Å². The maximum atomic E-state index is 13.2. The van der Waals surface area contributed by atoms with E-state index in [0.29, 0.717) is 13.1 Å². The number of nitrogens with one attached hydrogen (secondary N) is 1. The van der Waals surface area contributed by atoms with E-state index < -0.39 is 0 Å². The minimum atomic E-state index is -0.332. The highest BCUT2D eigenvalue weighted by molar-refractivity contribution is 5.82. The van der Waals surface area contributed by atoms with Crippen LogP contribution in [0.3, 0.4) is 0 Å². The molecule has 0 aromatic carbocycles. The van der Waals surface area contributed by atoms with Gasteiger partial charge in [0.05, 0.1) is 12.1 Å². The van der Waals surface area contributed by atoms with Crippen LogP contribution >= 0.6 is 0 Å². The zero-order valence-corrected chi connectivity index (χ0v) is 16.9. The lowest BCUT2D eigenvalue weighted by Gasteiger charge is -2.30. The fraction of sp³-hybridized carbons (Fsp3) is 0.636. The molecule has 3 aliphatic rings. The molecule has 1 aromatic heterocycles. The molecular formula is C22H31N3O3. The van der Waals surface area contributed by atoms with E-state index in [9.17, 15) is 14.7 Å². The van der Waals surface area contributed by atoms with E-state index in [1.165, 1.54) is 5.57 Å². The molecule has 0 spiro atoms. The monoisotopic (exact) mass is 385 g/mol. The molecule has 1 fully saturated rings. The average molecular weight is 386 g/mol. The van der Waals surface area contributed by atoms with Gasteiger partial charge in [-0.3, -0.25) is 14.5 Å². The molecule has 0 saturated carbocycles. The average Bonchev–Trinajstić information content (AvgIpc) is 3.38. The summed E-state index contributed by atoms with van der Waals surface area (Å²) in [5.74, 6) is -0.0766. The molecule has 4 atom stereocenters. The summed E-state index contributed by atoms with van der Waals surface area (Å²) in [6.07, 6.45) is 6.25. The number of amides is 1. The molecule has 0 bridgehead atoms. The topological polar surface area (TPSA) is 74.6 Å². The number of aliphatic hydroxyl groups is 1. The maximum Gasteiger partial charge on any atom is 0.258 e. The Hall–Kier alpha value is -1.92. The van der Waals surface area contributed by atoms with Crippen LogP contribution in [0.1, 0.15) is 56.8 Å². The van der Waals surface area contributed by atoms with Crippen molar-refractivity contribution >= 4 is 11.5 Å². The van der Waals surface area contributed by atoms with Crippen molar-refractivity contribution in [1.82, 2.24) is 14.8 Å². The van der Waals surface area contributed by atoms with E-state index in [2.05, 4.69) is 29.3 Å². The van der Waals surface area contributed by atoms with Gasteiger partial charge in [-0.05, 0) is 56.9 Å². The Morgan fingerprint density at radius 3 is 2.79 bits per heavy atom. The Morgan fingerprint density at radius 2 is 2.14 bits per heavy atom. The molecule has 1 saturated heterocycles. The Morgan fingerprint density at radius 1 is 1.32 bits per heavy atom. The van der Waals surface area contributed by atoms with Crippen LogP contribution < -0.4 is 10.9 Å². The normalized spacial score (nSPS) is 28.9. The first-order chi connectivity index (χ1) is 13.6. The second-order valence-corrected chi connectivity index (χ2v) is 8.24. The van der Waals surface area contributed by atoms with Gasteiger partial charge in [0, 0.05) is 42.8 Å². The highest BCUT2D eigenvalue weighted by atomic mass is 16.3. The number of hydrogen-bond donors (Lipinski definition) is 2. The van der Waals surface area contributed by atoms with Crippen LogP contribution in [0.4, 0.5) is 0 Å². The summed E-state index contributed by atoms with van der Waals surface area (Å²) in [6, 6.07) is 3.74. The second-order valence-electron chi connectivity index (χ2n) is 8.24. The lowest BCUT2D eigenvalue weighted by Crippen LogP contribution is -2.48. The summed E-state index contributed by atoms with van der Waals surface area (Å²) < 4.78 is 1.91. The van der Waals surface area contributed by atoms with Crippen molar-refractivity contribution in [2.45, 2.75) is 58.2 Å². The number of likely N-dealkylation sites (N-methyl/N-ethyl adjacent to an activating group) is 1. The number of aromatic nitrogens is 1. The fourth-order valence-electron chi connectivity index (χ4n) is 5.56. The predicted molar refractivity (Wildman–Crippen MR) is 109 cm³/mol. The molecule has 6 nitrogen and oxygen atoms in total. The quantitative estimate of drug-likeness (QED) is 0.785. The molecule has 2 aliphatic heterocycles. The van der Waals surface area contributed by atoms with Crippen LogP contribution in [0.15, 0.2) is 23.0 Å². The van der Waals surface area contributed by atoms with Crippen molar-refractivity contribution < 1.29 is 9.90 Å². The molecule has 1 aliphatic carbocycles. The SMILES string of the molecule is CCCN1[C@H](C(=O)NCC)[C@@H](CO)[C@@H]2Cn3c(ccc(C4=CCCC4)c3=O)[C@@H]21. The number of likely N-dealkylation sites (tertiary alicyclic amines) is 1. The van der Waals surface area contributed by atoms with Crippen LogP contribution in [0.25, 0.3) is 5.57 Å². The molecule has 3 heterocycles. The Kier molecular flexibility index (Phi) is 5.43. The van der Waals surface area contributed by atoms with E-state index in [-0.39, 0.29) is 42.0 Å². The van der Waals surface area contributed by atoms with Crippen molar-refractivity contribution in [3.63, 3.8) is 0 Å². The van der Waals surface area contributed by atoms with E-state index >= 15 is 0 Å². The first-order valence-corrected chi connectivity index (χ1v) is 10.7. The van der Waals surface area contributed by atoms with Gasteiger partial charge in [0.2, 0.25) is 5.91 Å². The first kappa shape index (κ1) is 19.4. The Balaban J connectivity index is 1.75. The standard InChI is InChI=1S/C22H31N3O3/c1-3-11-24-19-16(17(13-26)20(24)21(27)23-4-2)12-25-18(19)10-9-15(22(25)28)14-7-5-6-8-14/h7,9-10,16-17,19-20,26H,3-6,8,11-13H2,1-2H3,(H,23,27)/t16-,17-,19+,20-/m0/s1. The second kappa shape index (κ2) is 7.84. The highest BCUT2D eigenvalue weighted by Gasteiger charge is 2.55. The molecule has 0 radical (unpaired) electrons. The Labute approximate surface area is 166 Å². The van der Waals surface area contributed by atoms with Gasteiger partial charge in [-0.2, -0.15) is 0 Å². The van der Waals surface area contributed by atoms with Crippen LogP contribution in [0.2, 0.25) is 0 Å². The number of nitrogens with zero attached hydrogens (tertiary/aromatic N) is 2. The third kappa shape index (κ3) is 2.94. The van der Waals surface area contributed by atoms with E-state index in [0.717, 1.165) is 43.5 Å². The van der Waals surface area contributed by atoms with Gasteiger partial charge in [0.1, 0.15) is 0 Å². The number of pyridine rings is 1. The fourth-order valence-corrected chi connectivity index (χ4v) is 5.56. The van der Waals surface area contributed by atoms with Gasteiger partial charge < -0.3 is 15.0 Å². The molecule has 0 unspecified atom stereocenters. The summed E-state index contributed by atoms with van der Waals surface area (Å²) in [7, 11) is 0. The molecular weight excluding hydrogens is 354 g/mol. The van der Waals surface area contributed by atoms with E-state index in [4.69, 9.17) is 0 Å². The molecule has 6 heteroatoms. The predicted octanol–water partition coefficient (Wildman–Crippen LogP) is 1.93. The number of carbonyl (C=O) groups excluding carboxylic acids is 1.